The highest BCUT2D eigenvalue weighted by atomic mass is 32.2. The summed E-state index contributed by atoms with van der Waals surface area (Å²) >= 11 is 1.01. The normalized spacial score (nSPS) is 14.4. The van der Waals surface area contributed by atoms with Crippen molar-refractivity contribution in [2.75, 3.05) is 12.4 Å². The quantitative estimate of drug-likeness (QED) is 0.334. The molecular formula is C24H21N3O5S. The molecule has 33 heavy (non-hydrogen) atoms. The smallest absolute Gasteiger partial charge is 0.289 e. The van der Waals surface area contributed by atoms with Gasteiger partial charge in [-0.2, -0.15) is 0 Å². The standard InChI is InChI=1S/C24H21N3O5S/c28-23-16-33-24(29)26(23)21(7-4-17-10-12-25-13-11-17)15-32-22-8-5-18(6-9-22)19-2-1-3-20(14-19)27(30)31/h1-3,5-6,8-14,21H,4,7,15-16H2. The second-order valence-corrected chi connectivity index (χ2v) is 8.44. The van der Waals surface area contributed by atoms with Crippen LogP contribution in [0.15, 0.2) is 73.1 Å². The van der Waals surface area contributed by atoms with Crippen LogP contribution in [0.5, 0.6) is 5.75 Å². The first kappa shape index (κ1) is 22.5. The van der Waals surface area contributed by atoms with Crippen molar-refractivity contribution in [3.05, 3.63) is 88.7 Å². The van der Waals surface area contributed by atoms with Gasteiger partial charge >= 0.3 is 0 Å². The van der Waals surface area contributed by atoms with Gasteiger partial charge in [0.1, 0.15) is 12.4 Å². The molecule has 8 nitrogen and oxygen atoms in total. The molecule has 2 heterocycles. The molecule has 0 radical (unpaired) electrons. The lowest BCUT2D eigenvalue weighted by Crippen LogP contribution is -2.43. The summed E-state index contributed by atoms with van der Waals surface area (Å²) in [5, 5.41) is 10.8. The van der Waals surface area contributed by atoms with Crippen molar-refractivity contribution in [2.24, 2.45) is 0 Å². The summed E-state index contributed by atoms with van der Waals surface area (Å²) in [7, 11) is 0. The number of carbonyl (C=O) groups excluding carboxylic acids is 2. The Morgan fingerprint density at radius 1 is 1.06 bits per heavy atom. The van der Waals surface area contributed by atoms with Gasteiger partial charge in [0.15, 0.2) is 0 Å². The van der Waals surface area contributed by atoms with Crippen LogP contribution in [0.1, 0.15) is 12.0 Å². The van der Waals surface area contributed by atoms with Gasteiger partial charge in [-0.25, -0.2) is 0 Å². The van der Waals surface area contributed by atoms with Crippen LogP contribution in [-0.2, 0) is 11.2 Å². The fourth-order valence-electron chi connectivity index (χ4n) is 3.62. The monoisotopic (exact) mass is 463 g/mol. The van der Waals surface area contributed by atoms with Crippen LogP contribution in [-0.4, -0.2) is 44.4 Å². The Bertz CT molecular complexity index is 1140. The number of rotatable bonds is 9. The van der Waals surface area contributed by atoms with E-state index in [4.69, 9.17) is 4.74 Å². The third kappa shape index (κ3) is 5.56. The van der Waals surface area contributed by atoms with Gasteiger partial charge in [0, 0.05) is 24.5 Å². The third-order valence-electron chi connectivity index (χ3n) is 5.35. The zero-order chi connectivity index (χ0) is 23.2. The van der Waals surface area contributed by atoms with Crippen molar-refractivity contribution >= 4 is 28.6 Å². The van der Waals surface area contributed by atoms with Crippen molar-refractivity contribution in [3.8, 4) is 16.9 Å². The van der Waals surface area contributed by atoms with Crippen molar-refractivity contribution < 1.29 is 19.2 Å². The van der Waals surface area contributed by atoms with E-state index < -0.39 is 4.92 Å². The topological polar surface area (TPSA) is 103 Å². The highest BCUT2D eigenvalue weighted by molar-refractivity contribution is 8.14. The Labute approximate surface area is 194 Å². The molecule has 0 saturated carbocycles. The number of thioether (sulfide) groups is 1. The number of nitrogens with zero attached hydrogens (tertiary/aromatic N) is 3. The summed E-state index contributed by atoms with van der Waals surface area (Å²) in [4.78, 5) is 40.5. The van der Waals surface area contributed by atoms with E-state index >= 15 is 0 Å². The molecule has 1 aliphatic rings. The molecular weight excluding hydrogens is 442 g/mol. The van der Waals surface area contributed by atoms with E-state index in [9.17, 15) is 19.7 Å². The number of imide groups is 1. The number of pyridine rings is 1. The molecule has 168 valence electrons. The van der Waals surface area contributed by atoms with E-state index in [-0.39, 0.29) is 35.2 Å². The molecule has 1 aliphatic heterocycles. The van der Waals surface area contributed by atoms with Crippen molar-refractivity contribution in [1.82, 2.24) is 9.88 Å². The van der Waals surface area contributed by atoms with E-state index in [1.54, 1.807) is 36.7 Å². The van der Waals surface area contributed by atoms with Gasteiger partial charge in [-0.15, -0.1) is 0 Å². The number of nitro groups is 1. The van der Waals surface area contributed by atoms with E-state index in [1.165, 1.54) is 17.0 Å². The summed E-state index contributed by atoms with van der Waals surface area (Å²) < 4.78 is 5.94. The average molecular weight is 464 g/mol. The SMILES string of the molecule is O=C1CSC(=O)N1C(CCc1ccncc1)COc1ccc(-c2cccc([N+](=O)[O-])c2)cc1. The zero-order valence-corrected chi connectivity index (χ0v) is 18.4. The van der Waals surface area contributed by atoms with Crippen molar-refractivity contribution in [1.29, 1.82) is 0 Å². The Hall–Kier alpha value is -3.72. The number of amides is 2. The molecule has 0 N–H and O–H groups in total. The number of carbonyl (C=O) groups is 2. The maximum absolute atomic E-state index is 12.3. The minimum absolute atomic E-state index is 0.0303. The lowest BCUT2D eigenvalue weighted by atomic mass is 10.0. The lowest BCUT2D eigenvalue weighted by Gasteiger charge is -2.25. The fourth-order valence-corrected chi connectivity index (χ4v) is 4.40. The molecule has 1 aromatic heterocycles. The van der Waals surface area contributed by atoms with Crippen molar-refractivity contribution in [2.45, 2.75) is 18.9 Å². The fraction of sp³-hybridized carbons (Fsp3) is 0.208. The van der Waals surface area contributed by atoms with Crippen molar-refractivity contribution in [3.63, 3.8) is 0 Å². The van der Waals surface area contributed by atoms with Crippen LogP contribution >= 0.6 is 11.8 Å². The molecule has 2 aromatic carbocycles. The second kappa shape index (κ2) is 10.3. The molecule has 1 unspecified atom stereocenters. The number of ether oxygens (including phenoxy) is 1. The number of aryl methyl sites for hydroxylation is 1. The predicted octanol–water partition coefficient (Wildman–Crippen LogP) is 4.73. The van der Waals surface area contributed by atoms with E-state index in [0.717, 1.165) is 28.5 Å². The maximum Gasteiger partial charge on any atom is 0.289 e. The van der Waals surface area contributed by atoms with E-state index in [0.29, 0.717) is 18.6 Å². The van der Waals surface area contributed by atoms with E-state index in [2.05, 4.69) is 4.98 Å². The summed E-state index contributed by atoms with van der Waals surface area (Å²) in [5.74, 6) is 0.543. The van der Waals surface area contributed by atoms with Crippen LogP contribution in [0.25, 0.3) is 11.1 Å². The maximum atomic E-state index is 12.3. The highest BCUT2D eigenvalue weighted by Gasteiger charge is 2.36. The number of hydrogen-bond acceptors (Lipinski definition) is 7. The summed E-state index contributed by atoms with van der Waals surface area (Å²) in [5.41, 5.74) is 2.66. The number of aromatic nitrogens is 1. The molecule has 0 spiro atoms. The van der Waals surface area contributed by atoms with Crippen LogP contribution in [0, 0.1) is 10.1 Å². The molecule has 9 heteroatoms. The zero-order valence-electron chi connectivity index (χ0n) is 17.6. The molecule has 0 bridgehead atoms. The Kier molecular flexibility index (Phi) is 6.99. The largest absolute Gasteiger partial charge is 0.491 e. The highest BCUT2D eigenvalue weighted by Crippen LogP contribution is 2.27. The summed E-state index contributed by atoms with van der Waals surface area (Å²) in [6.07, 6.45) is 4.69. The van der Waals surface area contributed by atoms with Gasteiger partial charge in [-0.05, 0) is 53.8 Å². The predicted molar refractivity (Wildman–Crippen MR) is 125 cm³/mol. The van der Waals surface area contributed by atoms with Crippen LogP contribution < -0.4 is 4.74 Å². The molecule has 4 rings (SSSR count). The van der Waals surface area contributed by atoms with Gasteiger partial charge in [-0.3, -0.25) is 29.6 Å². The molecule has 1 saturated heterocycles. The van der Waals surface area contributed by atoms with Gasteiger partial charge < -0.3 is 4.74 Å². The second-order valence-electron chi connectivity index (χ2n) is 7.51. The first-order valence-electron chi connectivity index (χ1n) is 10.4. The number of benzene rings is 2. The Balaban J connectivity index is 1.44. The minimum Gasteiger partial charge on any atom is -0.491 e. The molecule has 2 amide bonds. The third-order valence-corrected chi connectivity index (χ3v) is 6.19. The van der Waals surface area contributed by atoms with Gasteiger partial charge in [-0.1, -0.05) is 36.0 Å². The molecule has 3 aromatic rings. The van der Waals surface area contributed by atoms with E-state index in [1.807, 2.05) is 24.3 Å². The first-order valence-corrected chi connectivity index (χ1v) is 11.4. The number of hydrogen-bond donors (Lipinski definition) is 0. The molecule has 1 atom stereocenters. The summed E-state index contributed by atoms with van der Waals surface area (Å²) in [6, 6.07) is 17.1. The Morgan fingerprint density at radius 2 is 1.82 bits per heavy atom. The van der Waals surface area contributed by atoms with Crippen LogP contribution in [0.3, 0.4) is 0 Å². The van der Waals surface area contributed by atoms with Crippen LogP contribution in [0.2, 0.25) is 0 Å². The van der Waals surface area contributed by atoms with Crippen LogP contribution in [0.4, 0.5) is 10.5 Å². The van der Waals surface area contributed by atoms with Gasteiger partial charge in [0.2, 0.25) is 5.91 Å². The molecule has 0 aliphatic carbocycles. The Morgan fingerprint density at radius 3 is 2.48 bits per heavy atom. The first-order chi connectivity index (χ1) is 16.0. The number of nitro benzene ring substituents is 1. The summed E-state index contributed by atoms with van der Waals surface area (Å²) in [6.45, 7) is 0.180. The number of non-ortho nitro benzene ring substituents is 1. The van der Waals surface area contributed by atoms with Gasteiger partial charge in [0.05, 0.1) is 16.7 Å². The van der Waals surface area contributed by atoms with Gasteiger partial charge in [0.25, 0.3) is 10.9 Å². The lowest BCUT2D eigenvalue weighted by molar-refractivity contribution is -0.384. The minimum atomic E-state index is -0.424. The molecule has 1 fully saturated rings. The average Bonchev–Trinajstić information content (AvgIpc) is 3.18.